The van der Waals surface area contributed by atoms with Crippen molar-refractivity contribution in [2.45, 2.75) is 210 Å². The number of carboxylic acids is 3. The van der Waals surface area contributed by atoms with Gasteiger partial charge < -0.3 is 128 Å². The van der Waals surface area contributed by atoms with E-state index in [1.165, 1.54) is 4.90 Å². The van der Waals surface area contributed by atoms with Crippen LogP contribution in [0, 0.1) is 17.8 Å². The SMILES string of the molecule is CC[C@H](C)[C@H](NC(=O)CNC(=O)CNC(=O)[C@@H]1CCCN1C(=O)[C@@H](NC(=O)[C@@H](NC(=O)[C@H](CCCN=C(N)N)NC(=O)[C@H](CC(N)=O)NC(=O)[C@H](CCC(=O)O)NC(=O)[C@H](CCC(=O)O)NC(=O)[C@H](CCCCN)NC(=O)[C@H](CO)NC(=O)[C@H](CO)NC(=O)[C@@H](N)CO)[C@@H](C)CC)[C@@H](C)CC)C(=O)O. The number of likely N-dealkylation sites (tertiary alicyclic amines) is 1. The number of nitrogens with zero attached hydrogens (tertiary/aromatic N) is 2. The predicted molar refractivity (Wildman–Crippen MR) is 366 cm³/mol. The first-order valence-electron chi connectivity index (χ1n) is 34.1. The lowest BCUT2D eigenvalue weighted by Gasteiger charge is -2.33. The summed E-state index contributed by atoms with van der Waals surface area (Å²) in [6.07, 6.45) is -3.11. The van der Waals surface area contributed by atoms with E-state index in [4.69, 9.17) is 28.7 Å². The zero-order chi connectivity index (χ0) is 79.1. The van der Waals surface area contributed by atoms with E-state index in [9.17, 15) is 112 Å². The Labute approximate surface area is 599 Å². The van der Waals surface area contributed by atoms with Crippen LogP contribution < -0.4 is 92.5 Å². The molecule has 42 heteroatoms. The number of aliphatic hydroxyl groups is 3. The van der Waals surface area contributed by atoms with Crippen LogP contribution in [0.15, 0.2) is 4.99 Å². The second kappa shape index (κ2) is 48.1. The molecule has 1 heterocycles. The molecule has 0 saturated carbocycles. The predicted octanol–water partition coefficient (Wildman–Crippen LogP) is -9.63. The molecular formula is C62H107N19O23. The van der Waals surface area contributed by atoms with Gasteiger partial charge in [-0.1, -0.05) is 60.8 Å². The van der Waals surface area contributed by atoms with Crippen molar-refractivity contribution in [2.24, 2.45) is 51.4 Å². The van der Waals surface area contributed by atoms with E-state index in [0.717, 1.165) is 0 Å². The van der Waals surface area contributed by atoms with Crippen molar-refractivity contribution in [1.29, 1.82) is 0 Å². The Morgan fingerprint density at radius 1 is 0.471 bits per heavy atom. The maximum absolute atomic E-state index is 14.6. The maximum atomic E-state index is 14.6. The van der Waals surface area contributed by atoms with Crippen LogP contribution in [0.4, 0.5) is 0 Å². The van der Waals surface area contributed by atoms with Crippen molar-refractivity contribution >= 4 is 107 Å². The van der Waals surface area contributed by atoms with Gasteiger partial charge in [0.2, 0.25) is 82.7 Å². The van der Waals surface area contributed by atoms with Gasteiger partial charge in [-0.2, -0.15) is 0 Å². The number of carbonyl (C=O) groups excluding carboxylic acids is 14. The highest BCUT2D eigenvalue weighted by atomic mass is 16.4. The minimum Gasteiger partial charge on any atom is -0.481 e. The van der Waals surface area contributed by atoms with Crippen LogP contribution in [0.1, 0.15) is 138 Å². The van der Waals surface area contributed by atoms with Gasteiger partial charge in [0.15, 0.2) is 5.96 Å². The summed E-state index contributed by atoms with van der Waals surface area (Å²) in [5.74, 6) is -21.3. The monoisotopic (exact) mass is 1490 g/mol. The van der Waals surface area contributed by atoms with E-state index in [1.807, 2.05) is 5.32 Å². The topological polar surface area (TPSA) is 702 Å². The molecule has 1 fully saturated rings. The number of hydrogen-bond acceptors (Lipinski definition) is 23. The fourth-order valence-electron chi connectivity index (χ4n) is 10.2. The third kappa shape index (κ3) is 33.0. The number of unbranched alkanes of at least 4 members (excludes halogenated alkanes) is 1. The molecular weight excluding hydrogens is 1380 g/mol. The van der Waals surface area contributed by atoms with Gasteiger partial charge in [0.05, 0.1) is 39.3 Å². The molecule has 14 amide bonds. The lowest BCUT2D eigenvalue weighted by molar-refractivity contribution is -0.143. The van der Waals surface area contributed by atoms with Crippen LogP contribution in [0.2, 0.25) is 0 Å². The highest BCUT2D eigenvalue weighted by molar-refractivity contribution is 6.01. The lowest BCUT2D eigenvalue weighted by atomic mass is 9.94. The number of amides is 14. The maximum Gasteiger partial charge on any atom is 0.326 e. The molecule has 1 aliphatic heterocycles. The van der Waals surface area contributed by atoms with Crippen molar-refractivity contribution in [3.63, 3.8) is 0 Å². The number of aliphatic imine (C=N–C) groups is 1. The van der Waals surface area contributed by atoms with Gasteiger partial charge in [-0.05, 0) is 82.1 Å². The molecule has 15 atom stereocenters. The summed E-state index contributed by atoms with van der Waals surface area (Å²) < 4.78 is 0. The normalized spacial score (nSPS) is 16.5. The van der Waals surface area contributed by atoms with Crippen molar-refractivity contribution in [1.82, 2.24) is 68.7 Å². The number of primary amides is 1. The fourth-order valence-corrected chi connectivity index (χ4v) is 10.2. The van der Waals surface area contributed by atoms with Gasteiger partial charge in [-0.15, -0.1) is 0 Å². The van der Waals surface area contributed by atoms with Crippen LogP contribution >= 0.6 is 0 Å². The van der Waals surface area contributed by atoms with Crippen LogP contribution in [0.5, 0.6) is 0 Å². The highest BCUT2D eigenvalue weighted by Gasteiger charge is 2.42. The molecule has 1 rings (SSSR count). The second-order valence-corrected chi connectivity index (χ2v) is 25.0. The summed E-state index contributed by atoms with van der Waals surface area (Å²) >= 11 is 0. The Balaban J connectivity index is 3.63. The molecule has 1 saturated heterocycles. The van der Waals surface area contributed by atoms with Gasteiger partial charge in [-0.3, -0.25) is 81.7 Å². The first-order chi connectivity index (χ1) is 48.9. The van der Waals surface area contributed by atoms with Crippen LogP contribution in [-0.4, -0.2) is 267 Å². The number of carbonyl (C=O) groups is 17. The molecule has 0 radical (unpaired) electrons. The molecule has 0 spiro atoms. The minimum absolute atomic E-state index is 0.0535. The van der Waals surface area contributed by atoms with Crippen LogP contribution in [0.3, 0.4) is 0 Å². The molecule has 0 aromatic heterocycles. The van der Waals surface area contributed by atoms with Gasteiger partial charge in [0, 0.05) is 25.9 Å². The Hall–Kier alpha value is -9.94. The zero-order valence-corrected chi connectivity index (χ0v) is 59.3. The number of aliphatic hydroxyl groups excluding tert-OH is 3. The molecule has 42 nitrogen and oxygen atoms in total. The van der Waals surface area contributed by atoms with Gasteiger partial charge >= 0.3 is 17.9 Å². The number of nitrogens with one attached hydrogen (secondary N) is 12. The number of rotatable bonds is 51. The summed E-state index contributed by atoms with van der Waals surface area (Å²) in [5, 5.41) is 85.8. The Morgan fingerprint density at radius 2 is 0.885 bits per heavy atom. The first kappa shape index (κ1) is 92.1. The van der Waals surface area contributed by atoms with E-state index in [2.05, 4.69) is 63.5 Å². The number of nitrogens with two attached hydrogens (primary N) is 5. The van der Waals surface area contributed by atoms with Crippen molar-refractivity contribution in [3.05, 3.63) is 0 Å². The minimum atomic E-state index is -2.04. The smallest absolute Gasteiger partial charge is 0.326 e. The Morgan fingerprint density at radius 3 is 1.34 bits per heavy atom. The molecule has 0 aromatic carbocycles. The summed E-state index contributed by atoms with van der Waals surface area (Å²) in [5.41, 5.74) is 27.7. The van der Waals surface area contributed by atoms with E-state index in [-0.39, 0.29) is 70.5 Å². The third-order valence-corrected chi connectivity index (χ3v) is 17.0. The molecule has 0 unspecified atom stereocenters. The number of aliphatic carboxylic acids is 3. The van der Waals surface area contributed by atoms with Gasteiger partial charge in [0.25, 0.3) is 0 Å². The van der Waals surface area contributed by atoms with Crippen molar-refractivity contribution in [2.75, 3.05) is 52.5 Å². The van der Waals surface area contributed by atoms with E-state index in [1.54, 1.807) is 41.5 Å². The molecule has 0 aromatic rings. The number of carboxylic acid groups (broad SMARTS) is 3. The van der Waals surface area contributed by atoms with E-state index in [0.29, 0.717) is 19.3 Å². The molecule has 0 aliphatic carbocycles. The fraction of sp³-hybridized carbons (Fsp3) is 0.710. The molecule has 104 heavy (non-hydrogen) atoms. The van der Waals surface area contributed by atoms with Crippen LogP contribution in [0.25, 0.3) is 0 Å². The molecule has 588 valence electrons. The quantitative estimate of drug-likeness (QED) is 0.0153. The average molecular weight is 1490 g/mol. The van der Waals surface area contributed by atoms with Crippen LogP contribution in [-0.2, 0) is 81.5 Å². The first-order valence-corrected chi connectivity index (χ1v) is 34.1. The standard InChI is InChI=1S/C62H107N19O23/c1-7-30(4)47(59(101)80-48(31(5)8-2)60(102)81-23-13-16-41(81)58(100)70-25-43(86)69-26-44(87)78-49(61(103)104)32(6)9-3)79-54(96)35(15-12-22-68-62(66)67)71-55(97)38(24-42(65)85)75-53(95)37(18-20-46(90)91)74-52(94)36(17-19-45(88)89)73-51(93)34(14-10-11-21-63)72-56(98)40(29-84)77-57(99)39(28-83)76-50(92)33(64)27-82/h30-41,47-49,82-84H,7-29,63-64H2,1-6H3,(H2,65,85)(H,69,86)(H,70,100)(H,71,97)(H,72,98)(H,73,93)(H,74,94)(H,75,95)(H,76,92)(H,77,99)(H,78,87)(H,79,96)(H,80,101)(H,88,89)(H,90,91)(H,103,104)(H4,66,67,68)/t30-,31-,32-,33-,34-,35-,36-,37-,38-,39-,40-,41-,47-,48-,49-/m0/s1. The molecule has 1 aliphatic rings. The van der Waals surface area contributed by atoms with E-state index >= 15 is 0 Å². The zero-order valence-electron chi connectivity index (χ0n) is 59.3. The van der Waals surface area contributed by atoms with E-state index < -0.39 is 256 Å². The Bertz CT molecular complexity index is 3000. The Kier molecular flexibility index (Phi) is 42.6. The molecule has 0 bridgehead atoms. The summed E-state index contributed by atoms with van der Waals surface area (Å²) in [4.78, 5) is 231. The van der Waals surface area contributed by atoms with Gasteiger partial charge in [0.1, 0.15) is 72.5 Å². The summed E-state index contributed by atoms with van der Waals surface area (Å²) in [6.45, 7) is 5.74. The summed E-state index contributed by atoms with van der Waals surface area (Å²) in [7, 11) is 0. The number of guanidine groups is 1. The largest absolute Gasteiger partial charge is 0.481 e. The second-order valence-electron chi connectivity index (χ2n) is 25.0. The molecule has 28 N–H and O–H groups in total. The third-order valence-electron chi connectivity index (χ3n) is 17.0. The van der Waals surface area contributed by atoms with Crippen molar-refractivity contribution in [3.8, 4) is 0 Å². The summed E-state index contributed by atoms with van der Waals surface area (Å²) in [6, 6.07) is -19.6. The number of hydrogen-bond donors (Lipinski definition) is 23. The lowest BCUT2D eigenvalue weighted by Crippen LogP contribution is -2.62. The van der Waals surface area contributed by atoms with Gasteiger partial charge in [-0.25, -0.2) is 4.79 Å². The highest BCUT2D eigenvalue weighted by Crippen LogP contribution is 2.23. The average Bonchev–Trinajstić information content (AvgIpc) is 1.59. The van der Waals surface area contributed by atoms with Crippen molar-refractivity contribution < 1.29 is 112 Å².